The second-order valence-electron chi connectivity index (χ2n) is 3.15. The molecule has 1 aromatic heterocycles. The number of carbonyl (C=O) groups excluding carboxylic acids is 2. The molecule has 2 N–H and O–H groups in total. The van der Waals surface area contributed by atoms with Crippen LogP contribution in [0, 0.1) is 0 Å². The number of thioether (sulfide) groups is 1. The number of ether oxygens (including phenoxy) is 1. The number of methoxy groups -OCH3 is 1. The van der Waals surface area contributed by atoms with Crippen LogP contribution in [-0.4, -0.2) is 39.3 Å². The molecule has 0 spiro atoms. The lowest BCUT2D eigenvalue weighted by molar-refractivity contribution is -0.142. The molecule has 0 saturated heterocycles. The van der Waals surface area contributed by atoms with Crippen molar-refractivity contribution < 1.29 is 14.3 Å². The van der Waals surface area contributed by atoms with Crippen molar-refractivity contribution in [1.82, 2.24) is 15.2 Å². The van der Waals surface area contributed by atoms with Gasteiger partial charge in [-0.2, -0.15) is 5.10 Å². The van der Waals surface area contributed by atoms with Gasteiger partial charge in [0.25, 0.3) is 5.56 Å². The predicted molar refractivity (Wildman–Crippen MR) is 62.4 cm³/mol. The molecule has 0 fully saturated rings. The summed E-state index contributed by atoms with van der Waals surface area (Å²) in [5.74, 6) is -1.15. The molecule has 0 aliphatic carbocycles. The molecule has 1 heterocycles. The molecule has 1 aromatic rings. The number of esters is 1. The first-order valence-electron chi connectivity index (χ1n) is 4.95. The summed E-state index contributed by atoms with van der Waals surface area (Å²) in [7, 11) is 1.14. The number of nitrogens with one attached hydrogen (secondary N) is 2. The Morgan fingerprint density at radius 1 is 1.44 bits per heavy atom. The van der Waals surface area contributed by atoms with Gasteiger partial charge in [0.1, 0.15) is 0 Å². The van der Waals surface area contributed by atoms with Crippen molar-refractivity contribution in [1.29, 1.82) is 0 Å². The maximum atomic E-state index is 11.6. The summed E-state index contributed by atoms with van der Waals surface area (Å²) in [6, 6.07) is 0. The highest BCUT2D eigenvalue weighted by atomic mass is 32.2. The molecule has 1 atom stereocenters. The normalized spacial score (nSPS) is 11.9. The van der Waals surface area contributed by atoms with E-state index in [0.29, 0.717) is 11.8 Å². The lowest BCUT2D eigenvalue weighted by Crippen LogP contribution is -2.31. The summed E-state index contributed by atoms with van der Waals surface area (Å²) in [5.41, 5.74) is -1.53. The molecule has 8 nitrogen and oxygen atoms in total. The Morgan fingerprint density at radius 3 is 2.61 bits per heavy atom. The summed E-state index contributed by atoms with van der Waals surface area (Å²) >= 11 is 0.640. The first kappa shape index (κ1) is 14.2. The van der Waals surface area contributed by atoms with Crippen molar-refractivity contribution in [3.63, 3.8) is 0 Å². The minimum absolute atomic E-state index is 0.119. The SMILES string of the molecule is CCC(=O)[C@@H](Sc1n[nH]c(=O)[nH]c1=O)C(=O)OC. The van der Waals surface area contributed by atoms with Gasteiger partial charge in [-0.1, -0.05) is 18.7 Å². The number of nitrogens with zero attached hydrogens (tertiary/aromatic N) is 1. The molecule has 0 aromatic carbocycles. The first-order valence-corrected chi connectivity index (χ1v) is 5.83. The molecule has 0 bridgehead atoms. The van der Waals surface area contributed by atoms with Crippen LogP contribution in [0.3, 0.4) is 0 Å². The van der Waals surface area contributed by atoms with Crippen LogP contribution in [0.1, 0.15) is 13.3 Å². The van der Waals surface area contributed by atoms with Crippen molar-refractivity contribution >= 4 is 23.5 Å². The maximum Gasteiger partial charge on any atom is 0.342 e. The number of H-pyrrole nitrogens is 2. The average Bonchev–Trinajstić information content (AvgIpc) is 2.36. The van der Waals surface area contributed by atoms with Gasteiger partial charge in [0.2, 0.25) is 0 Å². The minimum atomic E-state index is -1.17. The lowest BCUT2D eigenvalue weighted by atomic mass is 10.2. The fraction of sp³-hybridized carbons (Fsp3) is 0.444. The van der Waals surface area contributed by atoms with Crippen LogP contribution in [-0.2, 0) is 14.3 Å². The van der Waals surface area contributed by atoms with Gasteiger partial charge in [-0.3, -0.25) is 19.4 Å². The Kier molecular flexibility index (Phi) is 4.84. The van der Waals surface area contributed by atoms with E-state index in [1.54, 1.807) is 6.92 Å². The molecule has 18 heavy (non-hydrogen) atoms. The highest BCUT2D eigenvalue weighted by molar-refractivity contribution is 8.01. The van der Waals surface area contributed by atoms with Gasteiger partial charge in [-0.05, 0) is 0 Å². The summed E-state index contributed by atoms with van der Waals surface area (Å²) in [4.78, 5) is 47.1. The van der Waals surface area contributed by atoms with Gasteiger partial charge in [-0.25, -0.2) is 9.89 Å². The Labute approximate surface area is 105 Å². The van der Waals surface area contributed by atoms with Crippen LogP contribution in [0.15, 0.2) is 14.6 Å². The summed E-state index contributed by atoms with van der Waals surface area (Å²) in [5, 5.41) is 4.15. The lowest BCUT2D eigenvalue weighted by Gasteiger charge is -2.10. The summed E-state index contributed by atoms with van der Waals surface area (Å²) in [6.45, 7) is 1.59. The number of ketones is 1. The van der Waals surface area contributed by atoms with E-state index >= 15 is 0 Å². The van der Waals surface area contributed by atoms with Crippen LogP contribution in [0.25, 0.3) is 0 Å². The van der Waals surface area contributed by atoms with Gasteiger partial charge in [0.15, 0.2) is 16.1 Å². The van der Waals surface area contributed by atoms with E-state index in [1.807, 2.05) is 10.1 Å². The van der Waals surface area contributed by atoms with Crippen molar-refractivity contribution in [2.24, 2.45) is 0 Å². The molecule has 0 radical (unpaired) electrons. The standard InChI is InChI=1S/C9H11N3O5S/c1-3-4(13)5(8(15)17-2)18-7-6(14)10-9(16)12-11-7/h5H,3H2,1-2H3,(H2,10,12,14,16)/t5-/m1/s1. The van der Waals surface area contributed by atoms with E-state index < -0.39 is 22.5 Å². The molecule has 0 aliphatic heterocycles. The van der Waals surface area contributed by atoms with Crippen molar-refractivity contribution in [2.75, 3.05) is 7.11 Å². The number of aromatic amines is 2. The van der Waals surface area contributed by atoms with Crippen LogP contribution in [0.2, 0.25) is 0 Å². The molecule has 0 amide bonds. The Balaban J connectivity index is 3.03. The van der Waals surface area contributed by atoms with Crippen LogP contribution in [0.4, 0.5) is 0 Å². The highest BCUT2D eigenvalue weighted by Gasteiger charge is 2.29. The first-order chi connectivity index (χ1) is 8.49. The van der Waals surface area contributed by atoms with E-state index in [-0.39, 0.29) is 17.2 Å². The maximum absolute atomic E-state index is 11.6. The molecule has 9 heteroatoms. The minimum Gasteiger partial charge on any atom is -0.468 e. The summed E-state index contributed by atoms with van der Waals surface area (Å²) < 4.78 is 4.48. The van der Waals surface area contributed by atoms with E-state index in [2.05, 4.69) is 9.84 Å². The van der Waals surface area contributed by atoms with Gasteiger partial charge < -0.3 is 4.74 Å². The number of aromatic nitrogens is 3. The monoisotopic (exact) mass is 273 g/mol. The van der Waals surface area contributed by atoms with Gasteiger partial charge in [0, 0.05) is 6.42 Å². The molecule has 0 aliphatic rings. The van der Waals surface area contributed by atoms with Crippen molar-refractivity contribution in [3.8, 4) is 0 Å². The van der Waals surface area contributed by atoms with Gasteiger partial charge >= 0.3 is 11.7 Å². The average molecular weight is 273 g/mol. The Hall–Kier alpha value is -1.90. The Morgan fingerprint density at radius 2 is 2.11 bits per heavy atom. The van der Waals surface area contributed by atoms with E-state index in [0.717, 1.165) is 7.11 Å². The molecule has 1 rings (SSSR count). The second-order valence-corrected chi connectivity index (χ2v) is 4.25. The number of rotatable bonds is 5. The topological polar surface area (TPSA) is 122 Å². The van der Waals surface area contributed by atoms with Crippen molar-refractivity contribution in [2.45, 2.75) is 23.6 Å². The third-order valence-corrected chi connectivity index (χ3v) is 3.16. The zero-order chi connectivity index (χ0) is 13.7. The fourth-order valence-corrected chi connectivity index (χ4v) is 2.04. The number of Topliss-reactive ketones (excluding diaryl/α,β-unsaturated/α-hetero) is 1. The Bertz CT molecular complexity index is 548. The van der Waals surface area contributed by atoms with E-state index in [9.17, 15) is 19.2 Å². The third-order valence-electron chi connectivity index (χ3n) is 1.97. The van der Waals surface area contributed by atoms with Crippen LogP contribution >= 0.6 is 11.8 Å². The number of hydrogen-bond acceptors (Lipinski definition) is 7. The highest BCUT2D eigenvalue weighted by Crippen LogP contribution is 2.20. The summed E-state index contributed by atoms with van der Waals surface area (Å²) in [6.07, 6.45) is 0.119. The smallest absolute Gasteiger partial charge is 0.342 e. The molecule has 98 valence electrons. The molecular weight excluding hydrogens is 262 g/mol. The second kappa shape index (κ2) is 6.15. The molecular formula is C9H11N3O5S. The van der Waals surface area contributed by atoms with Gasteiger partial charge in [0.05, 0.1) is 7.11 Å². The number of carbonyl (C=O) groups is 2. The quantitative estimate of drug-likeness (QED) is 0.403. The zero-order valence-electron chi connectivity index (χ0n) is 9.68. The number of hydrogen-bond donors (Lipinski definition) is 2. The van der Waals surface area contributed by atoms with E-state index in [1.165, 1.54) is 0 Å². The molecule has 0 saturated carbocycles. The van der Waals surface area contributed by atoms with Gasteiger partial charge in [-0.15, -0.1) is 0 Å². The van der Waals surface area contributed by atoms with Crippen LogP contribution in [0.5, 0.6) is 0 Å². The van der Waals surface area contributed by atoms with E-state index in [4.69, 9.17) is 0 Å². The molecule has 0 unspecified atom stereocenters. The third kappa shape index (κ3) is 3.29. The zero-order valence-corrected chi connectivity index (χ0v) is 10.5. The van der Waals surface area contributed by atoms with Crippen LogP contribution < -0.4 is 11.2 Å². The largest absolute Gasteiger partial charge is 0.468 e. The predicted octanol–water partition coefficient (Wildman–Crippen LogP) is -0.929. The van der Waals surface area contributed by atoms with Crippen molar-refractivity contribution in [3.05, 3.63) is 20.8 Å². The fourth-order valence-electron chi connectivity index (χ4n) is 1.07.